The quantitative estimate of drug-likeness (QED) is 0.719. The van der Waals surface area contributed by atoms with Crippen molar-refractivity contribution in [2.24, 2.45) is 5.73 Å². The molecule has 1 amide bonds. The Kier molecular flexibility index (Phi) is 3.38. The summed E-state index contributed by atoms with van der Waals surface area (Å²) in [6, 6.07) is 2.78. The van der Waals surface area contributed by atoms with Gasteiger partial charge in [-0.05, 0) is 12.1 Å². The fourth-order valence-corrected chi connectivity index (χ4v) is 1.45. The van der Waals surface area contributed by atoms with Gasteiger partial charge in [-0.1, -0.05) is 0 Å². The van der Waals surface area contributed by atoms with Crippen molar-refractivity contribution >= 4 is 21.4 Å². The summed E-state index contributed by atoms with van der Waals surface area (Å²) in [5, 5.41) is 2.41. The minimum absolute atomic E-state index is 0.0340. The molecule has 0 atom stereocenters. The molecule has 0 bridgehead atoms. The molecule has 0 aromatic carbocycles. The lowest BCUT2D eigenvalue weighted by molar-refractivity contribution is -0.114. The van der Waals surface area contributed by atoms with Gasteiger partial charge in [-0.3, -0.25) is 4.79 Å². The smallest absolute Gasteiger partial charge is 0.238 e. The summed E-state index contributed by atoms with van der Waals surface area (Å²) >= 11 is 0. The summed E-state index contributed by atoms with van der Waals surface area (Å²) in [7, 11) is -3.30. The lowest BCUT2D eigenvalue weighted by Crippen LogP contribution is -2.21. The SMILES string of the molecule is CS(=O)(=O)c1ccc(NC(=O)CN)cn1. The third-order valence-electron chi connectivity index (χ3n) is 1.59. The third-order valence-corrected chi connectivity index (χ3v) is 2.59. The molecule has 1 heterocycles. The van der Waals surface area contributed by atoms with Crippen molar-refractivity contribution in [3.63, 3.8) is 0 Å². The summed E-state index contributed by atoms with van der Waals surface area (Å²) in [5.41, 5.74) is 5.51. The van der Waals surface area contributed by atoms with E-state index in [2.05, 4.69) is 10.3 Å². The van der Waals surface area contributed by atoms with E-state index in [4.69, 9.17) is 5.73 Å². The largest absolute Gasteiger partial charge is 0.324 e. The molecule has 0 radical (unpaired) electrons. The number of pyridine rings is 1. The molecule has 1 rings (SSSR count). The van der Waals surface area contributed by atoms with E-state index in [-0.39, 0.29) is 17.5 Å². The molecule has 0 fully saturated rings. The van der Waals surface area contributed by atoms with Crippen LogP contribution in [0.15, 0.2) is 23.4 Å². The van der Waals surface area contributed by atoms with Gasteiger partial charge in [0.25, 0.3) is 0 Å². The van der Waals surface area contributed by atoms with Crippen LogP contribution in [-0.2, 0) is 14.6 Å². The van der Waals surface area contributed by atoms with Crippen molar-refractivity contribution in [2.45, 2.75) is 5.03 Å². The molecule has 0 aliphatic heterocycles. The van der Waals surface area contributed by atoms with Gasteiger partial charge in [-0.25, -0.2) is 13.4 Å². The number of anilines is 1. The standard InChI is InChI=1S/C8H11N3O3S/c1-15(13,14)8-3-2-6(5-10-8)11-7(12)4-9/h2-3,5H,4,9H2,1H3,(H,11,12). The van der Waals surface area contributed by atoms with Crippen LogP contribution in [0.25, 0.3) is 0 Å². The number of nitrogens with one attached hydrogen (secondary N) is 1. The van der Waals surface area contributed by atoms with Crippen molar-refractivity contribution in [3.05, 3.63) is 18.3 Å². The van der Waals surface area contributed by atoms with Gasteiger partial charge in [-0.15, -0.1) is 0 Å². The molecule has 0 unspecified atom stereocenters. The van der Waals surface area contributed by atoms with E-state index < -0.39 is 9.84 Å². The van der Waals surface area contributed by atoms with Crippen molar-refractivity contribution in [1.29, 1.82) is 0 Å². The molecule has 0 aliphatic rings. The molecule has 0 spiro atoms. The number of aromatic nitrogens is 1. The molecule has 3 N–H and O–H groups in total. The Morgan fingerprint density at radius 3 is 2.60 bits per heavy atom. The van der Waals surface area contributed by atoms with Crippen molar-refractivity contribution in [2.75, 3.05) is 18.1 Å². The Morgan fingerprint density at radius 2 is 2.20 bits per heavy atom. The van der Waals surface area contributed by atoms with Crippen LogP contribution in [0.3, 0.4) is 0 Å². The highest BCUT2D eigenvalue weighted by Gasteiger charge is 2.08. The van der Waals surface area contributed by atoms with E-state index in [0.717, 1.165) is 6.26 Å². The molecule has 0 saturated carbocycles. The molecule has 82 valence electrons. The lowest BCUT2D eigenvalue weighted by Gasteiger charge is -2.03. The van der Waals surface area contributed by atoms with Crippen LogP contribution >= 0.6 is 0 Å². The van der Waals surface area contributed by atoms with Crippen LogP contribution in [-0.4, -0.2) is 32.1 Å². The van der Waals surface area contributed by atoms with Crippen molar-refractivity contribution in [1.82, 2.24) is 4.98 Å². The summed E-state index contributed by atoms with van der Waals surface area (Å²) in [4.78, 5) is 14.6. The predicted octanol–water partition coefficient (Wildman–Crippen LogP) is -0.618. The first-order valence-corrected chi connectivity index (χ1v) is 5.98. The van der Waals surface area contributed by atoms with Crippen LogP contribution in [0.2, 0.25) is 0 Å². The normalized spacial score (nSPS) is 11.1. The van der Waals surface area contributed by atoms with Gasteiger partial charge in [-0.2, -0.15) is 0 Å². The van der Waals surface area contributed by atoms with Gasteiger partial charge in [0.15, 0.2) is 14.9 Å². The number of hydrogen-bond acceptors (Lipinski definition) is 5. The Hall–Kier alpha value is -1.47. The summed E-state index contributed by atoms with van der Waals surface area (Å²) in [5.74, 6) is -0.357. The van der Waals surface area contributed by atoms with Crippen LogP contribution in [0, 0.1) is 0 Å². The average Bonchev–Trinajstić information content (AvgIpc) is 2.17. The second kappa shape index (κ2) is 4.37. The van der Waals surface area contributed by atoms with Gasteiger partial charge in [0.2, 0.25) is 5.91 Å². The number of amides is 1. The highest BCUT2D eigenvalue weighted by atomic mass is 32.2. The molecule has 6 nitrogen and oxygen atoms in total. The highest BCUT2D eigenvalue weighted by Crippen LogP contribution is 2.09. The number of nitrogens with two attached hydrogens (primary N) is 1. The fourth-order valence-electron chi connectivity index (χ4n) is 0.886. The lowest BCUT2D eigenvalue weighted by atomic mass is 10.4. The predicted molar refractivity (Wildman–Crippen MR) is 55.0 cm³/mol. The minimum Gasteiger partial charge on any atom is -0.324 e. The summed E-state index contributed by atoms with van der Waals surface area (Å²) < 4.78 is 22.1. The Morgan fingerprint density at radius 1 is 1.53 bits per heavy atom. The monoisotopic (exact) mass is 229 g/mol. The van der Waals surface area contributed by atoms with Crippen LogP contribution in [0.4, 0.5) is 5.69 Å². The number of carbonyl (C=O) groups excluding carboxylic acids is 1. The van der Waals surface area contributed by atoms with E-state index in [1.54, 1.807) is 0 Å². The summed E-state index contributed by atoms with van der Waals surface area (Å²) in [6.07, 6.45) is 2.33. The van der Waals surface area contributed by atoms with Gasteiger partial charge in [0.1, 0.15) is 0 Å². The molecular weight excluding hydrogens is 218 g/mol. The van der Waals surface area contributed by atoms with E-state index in [1.165, 1.54) is 18.3 Å². The molecule has 15 heavy (non-hydrogen) atoms. The number of carbonyl (C=O) groups is 1. The number of rotatable bonds is 3. The number of sulfone groups is 1. The van der Waals surface area contributed by atoms with Gasteiger partial charge in [0, 0.05) is 6.26 Å². The van der Waals surface area contributed by atoms with Crippen LogP contribution in [0.5, 0.6) is 0 Å². The van der Waals surface area contributed by atoms with Gasteiger partial charge in [0.05, 0.1) is 18.4 Å². The van der Waals surface area contributed by atoms with E-state index >= 15 is 0 Å². The van der Waals surface area contributed by atoms with E-state index in [1.807, 2.05) is 0 Å². The zero-order valence-corrected chi connectivity index (χ0v) is 8.91. The first-order chi connectivity index (χ1) is 6.93. The van der Waals surface area contributed by atoms with E-state index in [0.29, 0.717) is 5.69 Å². The zero-order valence-electron chi connectivity index (χ0n) is 8.10. The van der Waals surface area contributed by atoms with Crippen LogP contribution < -0.4 is 11.1 Å². The first kappa shape index (κ1) is 11.6. The van der Waals surface area contributed by atoms with E-state index in [9.17, 15) is 13.2 Å². The Labute approximate surface area is 87.4 Å². The maximum absolute atomic E-state index is 11.1. The molecule has 0 aliphatic carbocycles. The zero-order chi connectivity index (χ0) is 11.5. The van der Waals surface area contributed by atoms with Gasteiger partial charge >= 0.3 is 0 Å². The Bertz CT molecular complexity index is 453. The molecule has 1 aromatic rings. The Balaban J connectivity index is 2.86. The summed E-state index contributed by atoms with van der Waals surface area (Å²) in [6.45, 7) is -0.131. The number of hydrogen-bond donors (Lipinski definition) is 2. The number of nitrogens with zero attached hydrogens (tertiary/aromatic N) is 1. The maximum Gasteiger partial charge on any atom is 0.238 e. The highest BCUT2D eigenvalue weighted by molar-refractivity contribution is 7.90. The molecule has 0 saturated heterocycles. The maximum atomic E-state index is 11.1. The second-order valence-corrected chi connectivity index (χ2v) is 4.87. The molecule has 1 aromatic heterocycles. The molecular formula is C8H11N3O3S. The minimum atomic E-state index is -3.30. The van der Waals surface area contributed by atoms with Crippen molar-refractivity contribution < 1.29 is 13.2 Å². The topological polar surface area (TPSA) is 102 Å². The first-order valence-electron chi connectivity index (χ1n) is 4.09. The average molecular weight is 229 g/mol. The third kappa shape index (κ3) is 3.30. The van der Waals surface area contributed by atoms with Crippen molar-refractivity contribution in [3.8, 4) is 0 Å². The molecule has 7 heteroatoms. The van der Waals surface area contributed by atoms with Crippen LogP contribution in [0.1, 0.15) is 0 Å². The van der Waals surface area contributed by atoms with Gasteiger partial charge < -0.3 is 11.1 Å². The second-order valence-electron chi connectivity index (χ2n) is 2.91. The fraction of sp³-hybridized carbons (Fsp3) is 0.250.